The first kappa shape index (κ1) is 21.4. The van der Waals surface area contributed by atoms with Crippen molar-refractivity contribution in [3.05, 3.63) is 58.3 Å². The number of nitrogens with zero attached hydrogens (tertiary/aromatic N) is 2. The molecule has 1 heterocycles. The van der Waals surface area contributed by atoms with Crippen LogP contribution in [0.15, 0.2) is 52.6 Å². The molecule has 1 atom stereocenters. The van der Waals surface area contributed by atoms with Crippen LogP contribution in [0.2, 0.25) is 10.0 Å². The van der Waals surface area contributed by atoms with Gasteiger partial charge in [0, 0.05) is 32.5 Å². The molecule has 7 nitrogen and oxygen atoms in total. The number of rotatable bonds is 7. The molecule has 0 radical (unpaired) electrons. The van der Waals surface area contributed by atoms with E-state index in [-0.39, 0.29) is 17.5 Å². The number of nitrogens with one attached hydrogen (secondary N) is 3. The predicted molar refractivity (Wildman–Crippen MR) is 109 cm³/mol. The Balaban J connectivity index is 1.84. The topological polar surface area (TPSA) is 95.5 Å². The summed E-state index contributed by atoms with van der Waals surface area (Å²) in [5.41, 5.74) is 0.949. The standard InChI is InChI=1S/C17H21Cl2N5O2S/c1-12(13-5-6-15(18)16(19)10-13)24-17(20-2)22-8-9-23-27(25,26)14-4-3-7-21-11-14/h3-7,10-12,23H,8-9H2,1-2H3,(H2,20,22,24). The summed E-state index contributed by atoms with van der Waals surface area (Å²) >= 11 is 12.0. The number of benzene rings is 1. The summed E-state index contributed by atoms with van der Waals surface area (Å²) in [4.78, 5) is 8.07. The molecule has 1 unspecified atom stereocenters. The van der Waals surface area contributed by atoms with Crippen LogP contribution in [-0.2, 0) is 10.0 Å². The number of hydrogen-bond donors (Lipinski definition) is 3. The number of pyridine rings is 1. The van der Waals surface area contributed by atoms with E-state index in [1.54, 1.807) is 25.2 Å². The molecule has 0 fully saturated rings. The molecule has 10 heteroatoms. The van der Waals surface area contributed by atoms with Crippen LogP contribution in [0, 0.1) is 0 Å². The molecule has 0 aliphatic heterocycles. The molecule has 0 spiro atoms. The van der Waals surface area contributed by atoms with Crippen LogP contribution in [0.25, 0.3) is 0 Å². The van der Waals surface area contributed by atoms with Crippen LogP contribution in [0.4, 0.5) is 0 Å². The van der Waals surface area contributed by atoms with Crippen LogP contribution in [0.1, 0.15) is 18.5 Å². The first-order valence-corrected chi connectivity index (χ1v) is 10.4. The zero-order valence-electron chi connectivity index (χ0n) is 14.9. The highest BCUT2D eigenvalue weighted by Crippen LogP contribution is 2.25. The highest BCUT2D eigenvalue weighted by Gasteiger charge is 2.13. The Morgan fingerprint density at radius 1 is 1.22 bits per heavy atom. The third kappa shape index (κ3) is 6.35. The van der Waals surface area contributed by atoms with Crippen LogP contribution in [-0.4, -0.2) is 39.5 Å². The third-order valence-corrected chi connectivity index (χ3v) is 5.86. The Hall–Kier alpha value is -1.87. The fourth-order valence-corrected chi connectivity index (χ4v) is 3.52. The van der Waals surface area contributed by atoms with Gasteiger partial charge >= 0.3 is 0 Å². The maximum atomic E-state index is 12.1. The molecular weight excluding hydrogens is 409 g/mol. The van der Waals surface area contributed by atoms with E-state index in [0.29, 0.717) is 22.5 Å². The number of aliphatic imine (C=N–C) groups is 1. The zero-order chi connectivity index (χ0) is 19.9. The normalized spacial score (nSPS) is 13.3. The van der Waals surface area contributed by atoms with Crippen LogP contribution in [0.5, 0.6) is 0 Å². The lowest BCUT2D eigenvalue weighted by Crippen LogP contribution is -2.42. The lowest BCUT2D eigenvalue weighted by Gasteiger charge is -2.19. The SMILES string of the molecule is CN=C(NCCNS(=O)(=O)c1cccnc1)NC(C)c1ccc(Cl)c(Cl)c1. The largest absolute Gasteiger partial charge is 0.355 e. The molecule has 0 saturated heterocycles. The summed E-state index contributed by atoms with van der Waals surface area (Å²) in [6.07, 6.45) is 2.82. The number of sulfonamides is 1. The van der Waals surface area contributed by atoms with Crippen molar-refractivity contribution in [1.29, 1.82) is 0 Å². The third-order valence-electron chi connectivity index (χ3n) is 3.67. The van der Waals surface area contributed by atoms with E-state index < -0.39 is 10.0 Å². The van der Waals surface area contributed by atoms with Gasteiger partial charge in [0.25, 0.3) is 0 Å². The van der Waals surface area contributed by atoms with Crippen molar-refractivity contribution in [3.8, 4) is 0 Å². The second-order valence-corrected chi connectivity index (χ2v) is 8.21. The minimum Gasteiger partial charge on any atom is -0.355 e. The Morgan fingerprint density at radius 2 is 2.00 bits per heavy atom. The van der Waals surface area contributed by atoms with Gasteiger partial charge < -0.3 is 10.6 Å². The lowest BCUT2D eigenvalue weighted by atomic mass is 10.1. The Morgan fingerprint density at radius 3 is 2.63 bits per heavy atom. The molecule has 0 aliphatic rings. The van der Waals surface area contributed by atoms with Crippen molar-refractivity contribution in [2.75, 3.05) is 20.1 Å². The van der Waals surface area contributed by atoms with Crippen LogP contribution < -0.4 is 15.4 Å². The van der Waals surface area contributed by atoms with Crippen LogP contribution in [0.3, 0.4) is 0 Å². The Bertz CT molecular complexity index is 891. The number of aromatic nitrogens is 1. The lowest BCUT2D eigenvalue weighted by molar-refractivity contribution is 0.579. The number of guanidine groups is 1. The average Bonchev–Trinajstić information content (AvgIpc) is 2.66. The predicted octanol–water partition coefficient (Wildman–Crippen LogP) is 2.59. The second kappa shape index (κ2) is 9.89. The van der Waals surface area contributed by atoms with E-state index >= 15 is 0 Å². The Labute approximate surface area is 169 Å². The smallest absolute Gasteiger partial charge is 0.242 e. The highest BCUT2D eigenvalue weighted by molar-refractivity contribution is 7.89. The number of halogens is 2. The van der Waals surface area contributed by atoms with Crippen molar-refractivity contribution in [1.82, 2.24) is 20.3 Å². The van der Waals surface area contributed by atoms with Gasteiger partial charge in [0.05, 0.1) is 16.1 Å². The first-order valence-electron chi connectivity index (χ1n) is 8.15. The monoisotopic (exact) mass is 429 g/mol. The molecular formula is C17H21Cl2N5O2S. The molecule has 0 saturated carbocycles. The summed E-state index contributed by atoms with van der Waals surface area (Å²) < 4.78 is 26.7. The van der Waals surface area contributed by atoms with Gasteiger partial charge in [0.1, 0.15) is 4.90 Å². The van der Waals surface area contributed by atoms with Gasteiger partial charge in [0.15, 0.2) is 5.96 Å². The van der Waals surface area contributed by atoms with Crippen molar-refractivity contribution in [2.45, 2.75) is 17.9 Å². The van der Waals surface area contributed by atoms with Crippen LogP contribution >= 0.6 is 23.2 Å². The van der Waals surface area contributed by atoms with Gasteiger partial charge in [-0.2, -0.15) is 0 Å². The van der Waals surface area contributed by atoms with Crippen molar-refractivity contribution in [2.24, 2.45) is 4.99 Å². The maximum absolute atomic E-state index is 12.1. The average molecular weight is 430 g/mol. The molecule has 2 rings (SSSR count). The zero-order valence-corrected chi connectivity index (χ0v) is 17.2. The quantitative estimate of drug-likeness (QED) is 0.357. The van der Waals surface area contributed by atoms with E-state index in [2.05, 4.69) is 25.3 Å². The minimum absolute atomic E-state index is 0.0712. The van der Waals surface area contributed by atoms with E-state index in [1.807, 2.05) is 13.0 Å². The van der Waals surface area contributed by atoms with Gasteiger partial charge in [-0.15, -0.1) is 0 Å². The molecule has 2 aromatic rings. The molecule has 3 N–H and O–H groups in total. The molecule has 0 bridgehead atoms. The first-order chi connectivity index (χ1) is 12.8. The van der Waals surface area contributed by atoms with Crippen molar-refractivity contribution >= 4 is 39.2 Å². The summed E-state index contributed by atoms with van der Waals surface area (Å²) in [5.74, 6) is 0.536. The molecule has 1 aromatic carbocycles. The number of hydrogen-bond acceptors (Lipinski definition) is 4. The van der Waals surface area contributed by atoms with Gasteiger partial charge in [-0.1, -0.05) is 29.3 Å². The van der Waals surface area contributed by atoms with E-state index in [0.717, 1.165) is 5.56 Å². The fourth-order valence-electron chi connectivity index (χ4n) is 2.22. The molecule has 0 amide bonds. The Kier molecular flexibility index (Phi) is 7.85. The molecule has 27 heavy (non-hydrogen) atoms. The van der Waals surface area contributed by atoms with Gasteiger partial charge in [-0.3, -0.25) is 9.98 Å². The molecule has 146 valence electrons. The summed E-state index contributed by atoms with van der Waals surface area (Å²) in [7, 11) is -1.94. The van der Waals surface area contributed by atoms with E-state index in [1.165, 1.54) is 18.5 Å². The minimum atomic E-state index is -3.58. The molecule has 1 aromatic heterocycles. The molecule has 0 aliphatic carbocycles. The highest BCUT2D eigenvalue weighted by atomic mass is 35.5. The van der Waals surface area contributed by atoms with Crippen molar-refractivity contribution < 1.29 is 8.42 Å². The maximum Gasteiger partial charge on any atom is 0.242 e. The summed E-state index contributed by atoms with van der Waals surface area (Å²) in [6.45, 7) is 2.50. The second-order valence-electron chi connectivity index (χ2n) is 5.63. The summed E-state index contributed by atoms with van der Waals surface area (Å²) in [5, 5.41) is 7.24. The fraction of sp³-hybridized carbons (Fsp3) is 0.294. The van der Waals surface area contributed by atoms with E-state index in [4.69, 9.17) is 23.2 Å². The van der Waals surface area contributed by atoms with E-state index in [9.17, 15) is 8.42 Å². The van der Waals surface area contributed by atoms with Crippen molar-refractivity contribution in [3.63, 3.8) is 0 Å². The van der Waals surface area contributed by atoms with Gasteiger partial charge in [-0.05, 0) is 36.8 Å². The van der Waals surface area contributed by atoms with Gasteiger partial charge in [0.2, 0.25) is 10.0 Å². The summed E-state index contributed by atoms with van der Waals surface area (Å²) in [6, 6.07) is 8.39. The van der Waals surface area contributed by atoms with Gasteiger partial charge in [-0.25, -0.2) is 13.1 Å².